The number of likely N-dealkylation sites (N-methyl/N-ethyl adjacent to an activating group) is 1. The van der Waals surface area contributed by atoms with E-state index in [1.165, 1.54) is 12.1 Å². The Hall–Kier alpha value is -1.46. The van der Waals surface area contributed by atoms with Crippen LogP contribution in [0.15, 0.2) is 24.3 Å². The van der Waals surface area contributed by atoms with Gasteiger partial charge in [0.05, 0.1) is 0 Å². The molecule has 1 N–H and O–H groups in total. The lowest BCUT2D eigenvalue weighted by molar-refractivity contribution is -0.121. The fourth-order valence-electron chi connectivity index (χ4n) is 3.66. The van der Waals surface area contributed by atoms with Gasteiger partial charge in [-0.15, -0.1) is 0 Å². The second-order valence-electron chi connectivity index (χ2n) is 6.58. The number of nitrogens with one attached hydrogen (secondary N) is 1. The Kier molecular flexibility index (Phi) is 4.45. The minimum Gasteiger partial charge on any atom is -0.356 e. The molecule has 22 heavy (non-hydrogen) atoms. The molecule has 1 aromatic rings. The van der Waals surface area contributed by atoms with Crippen molar-refractivity contribution in [3.8, 4) is 0 Å². The van der Waals surface area contributed by atoms with Gasteiger partial charge in [-0.3, -0.25) is 14.6 Å². The summed E-state index contributed by atoms with van der Waals surface area (Å²) in [5, 5.41) is 2.98. The minimum absolute atomic E-state index is 0.0808. The largest absolute Gasteiger partial charge is 0.356 e. The van der Waals surface area contributed by atoms with Crippen molar-refractivity contribution in [2.24, 2.45) is 0 Å². The summed E-state index contributed by atoms with van der Waals surface area (Å²) in [7, 11) is 2.17. The molecule has 5 heteroatoms. The van der Waals surface area contributed by atoms with Crippen LogP contribution in [-0.4, -0.2) is 54.5 Å². The van der Waals surface area contributed by atoms with Crippen LogP contribution in [0.1, 0.15) is 24.8 Å². The molecule has 1 atom stereocenters. The fourth-order valence-corrected chi connectivity index (χ4v) is 3.66. The molecule has 3 rings (SSSR count). The summed E-state index contributed by atoms with van der Waals surface area (Å²) >= 11 is 0. The highest BCUT2D eigenvalue weighted by Crippen LogP contribution is 2.30. The van der Waals surface area contributed by atoms with Crippen molar-refractivity contribution < 1.29 is 9.18 Å². The zero-order valence-corrected chi connectivity index (χ0v) is 13.1. The molecule has 2 aliphatic heterocycles. The van der Waals surface area contributed by atoms with Crippen molar-refractivity contribution in [3.05, 3.63) is 35.6 Å². The van der Waals surface area contributed by atoms with Crippen LogP contribution >= 0.6 is 0 Å². The Labute approximate surface area is 131 Å². The highest BCUT2D eigenvalue weighted by molar-refractivity contribution is 5.76. The van der Waals surface area contributed by atoms with Crippen molar-refractivity contribution in [2.75, 3.05) is 33.2 Å². The third-order valence-electron chi connectivity index (χ3n) is 5.13. The molecule has 0 saturated carbocycles. The first kappa shape index (κ1) is 15.4. The van der Waals surface area contributed by atoms with E-state index in [9.17, 15) is 9.18 Å². The molecule has 0 aliphatic carbocycles. The highest BCUT2D eigenvalue weighted by Gasteiger charge is 2.40. The van der Waals surface area contributed by atoms with Crippen LogP contribution in [-0.2, 0) is 11.3 Å². The summed E-state index contributed by atoms with van der Waals surface area (Å²) in [6.07, 6.45) is 2.51. The van der Waals surface area contributed by atoms with E-state index < -0.39 is 0 Å². The zero-order chi connectivity index (χ0) is 15.6. The van der Waals surface area contributed by atoms with Gasteiger partial charge in [0, 0.05) is 44.7 Å². The predicted octanol–water partition coefficient (Wildman–Crippen LogP) is 1.61. The number of hydrogen-bond donors (Lipinski definition) is 1. The average Bonchev–Trinajstić information content (AvgIpc) is 2.69. The Morgan fingerprint density at radius 2 is 2.00 bits per heavy atom. The lowest BCUT2D eigenvalue weighted by Gasteiger charge is -2.49. The van der Waals surface area contributed by atoms with E-state index in [0.717, 1.165) is 51.1 Å². The molecule has 120 valence electrons. The minimum atomic E-state index is -0.188. The van der Waals surface area contributed by atoms with Crippen molar-refractivity contribution in [1.29, 1.82) is 0 Å². The van der Waals surface area contributed by atoms with Crippen molar-refractivity contribution >= 4 is 5.91 Å². The Balaban J connectivity index is 1.70. The molecule has 0 unspecified atom stereocenters. The number of rotatable bonds is 2. The molecule has 1 amide bonds. The number of carbonyl (C=O) groups is 1. The molecular weight excluding hydrogens is 281 g/mol. The van der Waals surface area contributed by atoms with E-state index in [-0.39, 0.29) is 17.3 Å². The molecule has 4 nitrogen and oxygen atoms in total. The molecule has 2 heterocycles. The molecule has 2 aliphatic rings. The Morgan fingerprint density at radius 3 is 2.77 bits per heavy atom. The molecule has 1 spiro atoms. The lowest BCUT2D eigenvalue weighted by atomic mass is 9.86. The number of piperazine rings is 1. The summed E-state index contributed by atoms with van der Waals surface area (Å²) < 4.78 is 13.0. The predicted molar refractivity (Wildman–Crippen MR) is 83.9 cm³/mol. The molecule has 0 radical (unpaired) electrons. The van der Waals surface area contributed by atoms with Crippen LogP contribution in [0.2, 0.25) is 0 Å². The van der Waals surface area contributed by atoms with Gasteiger partial charge < -0.3 is 5.32 Å². The maximum Gasteiger partial charge on any atom is 0.220 e. The first-order valence-corrected chi connectivity index (χ1v) is 8.02. The number of halogens is 1. The number of carbonyl (C=O) groups excluding carboxylic acids is 1. The molecule has 0 bridgehead atoms. The smallest absolute Gasteiger partial charge is 0.220 e. The maximum absolute atomic E-state index is 13.0. The lowest BCUT2D eigenvalue weighted by Crippen LogP contribution is -2.60. The van der Waals surface area contributed by atoms with Crippen molar-refractivity contribution in [1.82, 2.24) is 15.1 Å². The topological polar surface area (TPSA) is 35.6 Å². The van der Waals surface area contributed by atoms with Crippen LogP contribution in [0, 0.1) is 5.82 Å². The number of benzene rings is 1. The molecule has 0 aromatic heterocycles. The summed E-state index contributed by atoms with van der Waals surface area (Å²) in [5.41, 5.74) is 1.22. The Morgan fingerprint density at radius 1 is 1.23 bits per heavy atom. The zero-order valence-electron chi connectivity index (χ0n) is 13.1. The summed E-state index contributed by atoms with van der Waals surface area (Å²) in [6, 6.07) is 6.77. The van der Waals surface area contributed by atoms with E-state index in [0.29, 0.717) is 6.42 Å². The average molecular weight is 305 g/mol. The monoisotopic (exact) mass is 305 g/mol. The van der Waals surface area contributed by atoms with Crippen LogP contribution in [0.3, 0.4) is 0 Å². The normalized spacial score (nSPS) is 27.6. The van der Waals surface area contributed by atoms with Gasteiger partial charge in [-0.25, -0.2) is 4.39 Å². The molecular formula is C17H24FN3O. The van der Waals surface area contributed by atoms with Crippen LogP contribution in [0.25, 0.3) is 0 Å². The first-order chi connectivity index (χ1) is 10.6. The standard InChI is InChI=1S/C17H24FN3O/c1-20-10-11-21(12-14-2-4-15(18)5-3-14)13-17(20)7-6-16(22)19-9-8-17/h2-5H,6-13H2,1H3,(H,19,22)/t17-/m1/s1. The van der Waals surface area contributed by atoms with Gasteiger partial charge in [0.1, 0.15) is 5.82 Å². The second-order valence-corrected chi connectivity index (χ2v) is 6.58. The third-order valence-corrected chi connectivity index (χ3v) is 5.13. The van der Waals surface area contributed by atoms with Crippen molar-refractivity contribution in [3.63, 3.8) is 0 Å². The first-order valence-electron chi connectivity index (χ1n) is 8.02. The SMILES string of the molecule is CN1CCN(Cc2ccc(F)cc2)C[C@@]12CCNC(=O)CC2. The molecule has 2 saturated heterocycles. The summed E-state index contributed by atoms with van der Waals surface area (Å²) in [4.78, 5) is 16.5. The van der Waals surface area contributed by atoms with E-state index >= 15 is 0 Å². The quantitative estimate of drug-likeness (QED) is 0.902. The summed E-state index contributed by atoms with van der Waals surface area (Å²) in [6.45, 7) is 4.59. The van der Waals surface area contributed by atoms with Gasteiger partial charge in [0.2, 0.25) is 5.91 Å². The summed E-state index contributed by atoms with van der Waals surface area (Å²) in [5.74, 6) is -0.0205. The van der Waals surface area contributed by atoms with E-state index in [4.69, 9.17) is 0 Å². The van der Waals surface area contributed by atoms with Crippen LogP contribution in [0.5, 0.6) is 0 Å². The van der Waals surface area contributed by atoms with Crippen LogP contribution in [0.4, 0.5) is 4.39 Å². The van der Waals surface area contributed by atoms with Gasteiger partial charge in [0.25, 0.3) is 0 Å². The second kappa shape index (κ2) is 6.34. The molecule has 1 aromatic carbocycles. The van der Waals surface area contributed by atoms with E-state index in [2.05, 4.69) is 22.2 Å². The fraction of sp³-hybridized carbons (Fsp3) is 0.588. The highest BCUT2D eigenvalue weighted by atomic mass is 19.1. The van der Waals surface area contributed by atoms with Gasteiger partial charge in [-0.05, 0) is 37.6 Å². The van der Waals surface area contributed by atoms with Gasteiger partial charge >= 0.3 is 0 Å². The number of amides is 1. The maximum atomic E-state index is 13.0. The van der Waals surface area contributed by atoms with E-state index in [1.54, 1.807) is 0 Å². The molecule has 2 fully saturated rings. The third kappa shape index (κ3) is 3.31. The van der Waals surface area contributed by atoms with Gasteiger partial charge in [-0.1, -0.05) is 12.1 Å². The van der Waals surface area contributed by atoms with Crippen molar-refractivity contribution in [2.45, 2.75) is 31.3 Å². The van der Waals surface area contributed by atoms with Gasteiger partial charge in [0.15, 0.2) is 0 Å². The number of nitrogens with zero attached hydrogens (tertiary/aromatic N) is 2. The van der Waals surface area contributed by atoms with Crippen LogP contribution < -0.4 is 5.32 Å². The number of hydrogen-bond acceptors (Lipinski definition) is 3. The van der Waals surface area contributed by atoms with E-state index in [1.807, 2.05) is 12.1 Å². The van der Waals surface area contributed by atoms with Gasteiger partial charge in [-0.2, -0.15) is 0 Å². The Bertz CT molecular complexity index is 533.